The summed E-state index contributed by atoms with van der Waals surface area (Å²) in [4.78, 5) is 16.3. The number of carbonyl (C=O) groups excluding carboxylic acids is 1. The van der Waals surface area contributed by atoms with E-state index in [1.54, 1.807) is 6.20 Å². The van der Waals surface area contributed by atoms with Crippen LogP contribution in [0.1, 0.15) is 24.4 Å². The normalized spacial score (nSPS) is 19.2. The second-order valence-electron chi connectivity index (χ2n) is 5.23. The number of piperidine rings is 1. The topological polar surface area (TPSA) is 64.2 Å². The van der Waals surface area contributed by atoms with Crippen LogP contribution in [-0.2, 0) is 17.4 Å². The molecule has 0 saturated carbocycles. The highest BCUT2D eigenvalue weighted by atomic mass is 19.4. The second-order valence-corrected chi connectivity index (χ2v) is 5.23. The van der Waals surface area contributed by atoms with Crippen molar-refractivity contribution in [1.29, 1.82) is 0 Å². The number of imidazole rings is 1. The molecule has 1 aliphatic heterocycles. The van der Waals surface area contributed by atoms with E-state index in [-0.39, 0.29) is 25.9 Å². The molecule has 0 spiro atoms. The van der Waals surface area contributed by atoms with Gasteiger partial charge in [-0.15, -0.1) is 0 Å². The van der Waals surface area contributed by atoms with Gasteiger partial charge in [-0.25, -0.2) is 4.98 Å². The van der Waals surface area contributed by atoms with E-state index in [4.69, 9.17) is 5.73 Å². The van der Waals surface area contributed by atoms with Crippen LogP contribution in [0.5, 0.6) is 0 Å². The number of carbonyl (C=O) groups is 1. The summed E-state index contributed by atoms with van der Waals surface area (Å²) < 4.78 is 38.9. The summed E-state index contributed by atoms with van der Waals surface area (Å²) in [6, 6.07) is 0. The van der Waals surface area contributed by atoms with Crippen molar-refractivity contribution in [1.82, 2.24) is 14.5 Å². The summed E-state index contributed by atoms with van der Waals surface area (Å²) >= 11 is 0. The standard InChI is InChI=1S/C12H17F3N4O/c1-8-17-9(7-18(8)2)11(16)3-5-19(6-4-11)10(20)12(13,14)15/h7H,3-6,16H2,1-2H3. The van der Waals surface area contributed by atoms with E-state index in [9.17, 15) is 18.0 Å². The first-order valence-corrected chi connectivity index (χ1v) is 6.29. The summed E-state index contributed by atoms with van der Waals surface area (Å²) in [6.45, 7) is 1.81. The third-order valence-corrected chi connectivity index (χ3v) is 3.80. The lowest BCUT2D eigenvalue weighted by Gasteiger charge is -2.38. The van der Waals surface area contributed by atoms with Crippen LogP contribution in [0.3, 0.4) is 0 Å². The van der Waals surface area contributed by atoms with Crippen molar-refractivity contribution in [3.8, 4) is 0 Å². The number of nitrogens with two attached hydrogens (primary N) is 1. The minimum Gasteiger partial charge on any atom is -0.338 e. The maximum Gasteiger partial charge on any atom is 0.471 e. The lowest BCUT2D eigenvalue weighted by Crippen LogP contribution is -2.52. The number of nitrogens with zero attached hydrogens (tertiary/aromatic N) is 3. The number of hydrogen-bond donors (Lipinski definition) is 1. The van der Waals surface area contributed by atoms with E-state index >= 15 is 0 Å². The third-order valence-electron chi connectivity index (χ3n) is 3.80. The Kier molecular flexibility index (Phi) is 3.53. The number of amides is 1. The van der Waals surface area contributed by atoms with Crippen molar-refractivity contribution in [2.75, 3.05) is 13.1 Å². The van der Waals surface area contributed by atoms with Crippen LogP contribution in [0.4, 0.5) is 13.2 Å². The molecule has 1 fully saturated rings. The van der Waals surface area contributed by atoms with E-state index in [1.807, 2.05) is 18.5 Å². The zero-order valence-electron chi connectivity index (χ0n) is 11.4. The Morgan fingerprint density at radius 1 is 1.40 bits per heavy atom. The molecule has 0 bridgehead atoms. The van der Waals surface area contributed by atoms with Crippen molar-refractivity contribution in [3.05, 3.63) is 17.7 Å². The molecule has 1 aromatic heterocycles. The van der Waals surface area contributed by atoms with Crippen LogP contribution in [0.2, 0.25) is 0 Å². The molecular formula is C12H17F3N4O. The number of likely N-dealkylation sites (tertiary alicyclic amines) is 1. The molecule has 2 N–H and O–H groups in total. The minimum absolute atomic E-state index is 0.00946. The van der Waals surface area contributed by atoms with E-state index in [0.717, 1.165) is 10.7 Å². The molecule has 8 heteroatoms. The van der Waals surface area contributed by atoms with Gasteiger partial charge in [-0.3, -0.25) is 4.79 Å². The maximum atomic E-state index is 12.4. The maximum absolute atomic E-state index is 12.4. The summed E-state index contributed by atoms with van der Waals surface area (Å²) in [5.41, 5.74) is 6.13. The van der Waals surface area contributed by atoms with Gasteiger partial charge in [0, 0.05) is 26.3 Å². The molecule has 112 valence electrons. The first kappa shape index (κ1) is 14.8. The van der Waals surface area contributed by atoms with Crippen LogP contribution >= 0.6 is 0 Å². The Labute approximate surface area is 114 Å². The van der Waals surface area contributed by atoms with Gasteiger partial charge in [0.15, 0.2) is 0 Å². The summed E-state index contributed by atoms with van der Waals surface area (Å²) in [5.74, 6) is -1.00. The lowest BCUT2D eigenvalue weighted by atomic mass is 9.86. The highest BCUT2D eigenvalue weighted by Crippen LogP contribution is 2.31. The first-order chi connectivity index (χ1) is 9.13. The minimum atomic E-state index is -4.82. The molecule has 0 aliphatic carbocycles. The van der Waals surface area contributed by atoms with Crippen LogP contribution < -0.4 is 5.73 Å². The van der Waals surface area contributed by atoms with Crippen molar-refractivity contribution in [3.63, 3.8) is 0 Å². The summed E-state index contributed by atoms with van der Waals surface area (Å²) in [5, 5.41) is 0. The van der Waals surface area contributed by atoms with Gasteiger partial charge in [-0.1, -0.05) is 0 Å². The molecule has 2 heterocycles. The number of halogens is 3. The molecule has 20 heavy (non-hydrogen) atoms. The Morgan fingerprint density at radius 3 is 2.35 bits per heavy atom. The molecular weight excluding hydrogens is 273 g/mol. The fraction of sp³-hybridized carbons (Fsp3) is 0.667. The van der Waals surface area contributed by atoms with Crippen LogP contribution in [0, 0.1) is 6.92 Å². The van der Waals surface area contributed by atoms with Gasteiger partial charge in [-0.05, 0) is 19.8 Å². The molecule has 1 amide bonds. The number of aryl methyl sites for hydroxylation is 2. The van der Waals surface area contributed by atoms with E-state index in [1.165, 1.54) is 0 Å². The van der Waals surface area contributed by atoms with Crippen LogP contribution in [-0.4, -0.2) is 39.6 Å². The van der Waals surface area contributed by atoms with Gasteiger partial charge in [-0.2, -0.15) is 13.2 Å². The smallest absolute Gasteiger partial charge is 0.338 e. The zero-order chi connectivity index (χ0) is 15.1. The van der Waals surface area contributed by atoms with Crippen LogP contribution in [0.25, 0.3) is 0 Å². The molecule has 1 aromatic rings. The highest BCUT2D eigenvalue weighted by molar-refractivity contribution is 5.81. The van der Waals surface area contributed by atoms with Gasteiger partial charge in [0.25, 0.3) is 0 Å². The molecule has 0 radical (unpaired) electrons. The SMILES string of the molecule is Cc1nc(C2(N)CCN(C(=O)C(F)(F)F)CC2)cn1C. The molecule has 2 rings (SSSR count). The molecule has 5 nitrogen and oxygen atoms in total. The Bertz CT molecular complexity index is 496. The average molecular weight is 290 g/mol. The quantitative estimate of drug-likeness (QED) is 0.841. The Hall–Kier alpha value is -1.57. The van der Waals surface area contributed by atoms with E-state index < -0.39 is 17.6 Å². The van der Waals surface area contributed by atoms with Gasteiger partial charge >= 0.3 is 12.1 Å². The van der Waals surface area contributed by atoms with E-state index in [2.05, 4.69) is 4.98 Å². The highest BCUT2D eigenvalue weighted by Gasteiger charge is 2.45. The number of hydrogen-bond acceptors (Lipinski definition) is 3. The van der Waals surface area contributed by atoms with Gasteiger partial charge in [0.2, 0.25) is 0 Å². The number of aromatic nitrogens is 2. The summed E-state index contributed by atoms with van der Waals surface area (Å²) in [7, 11) is 1.83. The fourth-order valence-electron chi connectivity index (χ4n) is 2.34. The van der Waals surface area contributed by atoms with Crippen LogP contribution in [0.15, 0.2) is 6.20 Å². The average Bonchev–Trinajstić information content (AvgIpc) is 2.69. The van der Waals surface area contributed by atoms with E-state index in [0.29, 0.717) is 5.69 Å². The monoisotopic (exact) mass is 290 g/mol. The molecule has 1 saturated heterocycles. The van der Waals surface area contributed by atoms with Crippen molar-refractivity contribution < 1.29 is 18.0 Å². The van der Waals surface area contributed by atoms with Gasteiger partial charge in [0.05, 0.1) is 11.2 Å². The molecule has 1 aliphatic rings. The van der Waals surface area contributed by atoms with Gasteiger partial charge < -0.3 is 15.2 Å². The molecule has 0 unspecified atom stereocenters. The van der Waals surface area contributed by atoms with Gasteiger partial charge in [0.1, 0.15) is 5.82 Å². The van der Waals surface area contributed by atoms with Crippen molar-refractivity contribution in [2.24, 2.45) is 12.8 Å². The van der Waals surface area contributed by atoms with Crippen molar-refractivity contribution in [2.45, 2.75) is 31.5 Å². The fourth-order valence-corrected chi connectivity index (χ4v) is 2.34. The third kappa shape index (κ3) is 2.65. The second kappa shape index (κ2) is 4.76. The first-order valence-electron chi connectivity index (χ1n) is 6.29. The predicted molar refractivity (Wildman–Crippen MR) is 65.7 cm³/mol. The number of rotatable bonds is 1. The zero-order valence-corrected chi connectivity index (χ0v) is 11.4. The predicted octanol–water partition coefficient (Wildman–Crippen LogP) is 1.07. The Balaban J connectivity index is 2.09. The largest absolute Gasteiger partial charge is 0.471 e. The molecule has 0 aromatic carbocycles. The molecule has 0 atom stereocenters. The van der Waals surface area contributed by atoms with Crippen molar-refractivity contribution >= 4 is 5.91 Å². The number of alkyl halides is 3. The Morgan fingerprint density at radius 2 is 1.95 bits per heavy atom. The summed E-state index contributed by atoms with van der Waals surface area (Å²) in [6.07, 6.45) is -2.50. The lowest BCUT2D eigenvalue weighted by molar-refractivity contribution is -0.187.